The maximum atomic E-state index is 6.92. The molecule has 0 aromatic rings. The van der Waals surface area contributed by atoms with E-state index in [1.165, 1.54) is 64.2 Å². The summed E-state index contributed by atoms with van der Waals surface area (Å²) in [7, 11) is 0. The van der Waals surface area contributed by atoms with E-state index in [9.17, 15) is 0 Å². The highest BCUT2D eigenvalue weighted by atomic mass is 16.7. The molecule has 0 amide bonds. The molecule has 2 nitrogen and oxygen atoms in total. The summed E-state index contributed by atoms with van der Waals surface area (Å²) in [4.78, 5) is 0. The molecule has 0 aromatic carbocycles. The minimum absolute atomic E-state index is 0.250. The van der Waals surface area contributed by atoms with Gasteiger partial charge in [0.15, 0.2) is 5.79 Å². The Balaban J connectivity index is 1.27. The normalized spacial score (nSPS) is 61.7. The number of rotatable bonds is 0. The van der Waals surface area contributed by atoms with Crippen molar-refractivity contribution in [2.45, 2.75) is 110 Å². The van der Waals surface area contributed by atoms with E-state index in [0.29, 0.717) is 28.8 Å². The smallest absolute Gasteiger partial charge is 0.171 e. The minimum Gasteiger partial charge on any atom is -0.349 e. The van der Waals surface area contributed by atoms with Gasteiger partial charge < -0.3 is 9.47 Å². The molecule has 1 spiro atoms. The molecule has 4 saturated carbocycles. The lowest BCUT2D eigenvalue weighted by atomic mass is 9.44. The van der Waals surface area contributed by atoms with Gasteiger partial charge in [0, 0.05) is 12.3 Å². The largest absolute Gasteiger partial charge is 0.349 e. The fourth-order valence-corrected chi connectivity index (χ4v) is 10.3. The maximum absolute atomic E-state index is 6.92. The highest BCUT2D eigenvalue weighted by molar-refractivity contribution is 5.15. The van der Waals surface area contributed by atoms with Crippen LogP contribution in [-0.2, 0) is 9.47 Å². The van der Waals surface area contributed by atoms with Crippen LogP contribution in [0, 0.1) is 52.3 Å². The van der Waals surface area contributed by atoms with Crippen LogP contribution in [0.4, 0.5) is 0 Å². The zero-order valence-electron chi connectivity index (χ0n) is 19.4. The van der Waals surface area contributed by atoms with Crippen LogP contribution in [0.3, 0.4) is 0 Å². The van der Waals surface area contributed by atoms with Gasteiger partial charge in [0.1, 0.15) is 0 Å². The molecule has 2 heterocycles. The van der Waals surface area contributed by atoms with Gasteiger partial charge in [0.2, 0.25) is 0 Å². The molecule has 2 heteroatoms. The van der Waals surface area contributed by atoms with E-state index in [0.717, 1.165) is 42.6 Å². The molecular formula is C27H44O2. The topological polar surface area (TPSA) is 18.5 Å². The van der Waals surface area contributed by atoms with E-state index in [-0.39, 0.29) is 5.79 Å². The van der Waals surface area contributed by atoms with Crippen molar-refractivity contribution in [2.75, 3.05) is 6.61 Å². The molecule has 6 fully saturated rings. The molecule has 11 atom stereocenters. The van der Waals surface area contributed by atoms with Crippen LogP contribution < -0.4 is 0 Å². The Morgan fingerprint density at radius 2 is 1.66 bits per heavy atom. The van der Waals surface area contributed by atoms with Gasteiger partial charge in [0.25, 0.3) is 0 Å². The van der Waals surface area contributed by atoms with Crippen molar-refractivity contribution in [1.29, 1.82) is 0 Å². The van der Waals surface area contributed by atoms with Crippen LogP contribution in [-0.4, -0.2) is 18.5 Å². The number of hydrogen-bond donors (Lipinski definition) is 0. The molecule has 164 valence electrons. The third-order valence-corrected chi connectivity index (χ3v) is 11.9. The van der Waals surface area contributed by atoms with E-state index in [4.69, 9.17) is 9.47 Å². The third kappa shape index (κ3) is 2.54. The first kappa shape index (κ1) is 19.6. The molecule has 2 aliphatic heterocycles. The van der Waals surface area contributed by atoms with Crippen molar-refractivity contribution in [3.8, 4) is 0 Å². The number of fused-ring (bicyclic) bond motifs is 7. The van der Waals surface area contributed by atoms with Crippen molar-refractivity contribution in [1.82, 2.24) is 0 Å². The molecule has 0 aromatic heterocycles. The first-order valence-electron chi connectivity index (χ1n) is 13.2. The average Bonchev–Trinajstić information content (AvgIpc) is 3.15. The summed E-state index contributed by atoms with van der Waals surface area (Å²) in [6.07, 6.45) is 16.2. The van der Waals surface area contributed by atoms with Crippen LogP contribution >= 0.6 is 0 Å². The molecular weight excluding hydrogens is 356 g/mol. The summed E-state index contributed by atoms with van der Waals surface area (Å²) in [5.74, 6) is 5.62. The Hall–Kier alpha value is -0.0800. The van der Waals surface area contributed by atoms with E-state index in [2.05, 4.69) is 27.7 Å². The molecule has 0 bridgehead atoms. The summed E-state index contributed by atoms with van der Waals surface area (Å²) >= 11 is 0. The van der Waals surface area contributed by atoms with Crippen molar-refractivity contribution in [3.05, 3.63) is 0 Å². The monoisotopic (exact) mass is 400 g/mol. The summed E-state index contributed by atoms with van der Waals surface area (Å²) in [6, 6.07) is 0. The summed E-state index contributed by atoms with van der Waals surface area (Å²) in [6.45, 7) is 11.1. The predicted molar refractivity (Wildman–Crippen MR) is 116 cm³/mol. The number of hydrogen-bond acceptors (Lipinski definition) is 2. The molecule has 6 aliphatic rings. The van der Waals surface area contributed by atoms with Gasteiger partial charge in [-0.25, -0.2) is 0 Å². The second-order valence-electron chi connectivity index (χ2n) is 12.9. The first-order chi connectivity index (χ1) is 13.9. The Morgan fingerprint density at radius 1 is 0.793 bits per heavy atom. The van der Waals surface area contributed by atoms with Gasteiger partial charge in [-0.1, -0.05) is 40.5 Å². The summed E-state index contributed by atoms with van der Waals surface area (Å²) < 4.78 is 13.4. The van der Waals surface area contributed by atoms with Crippen LogP contribution in [0.25, 0.3) is 0 Å². The Labute approximate surface area is 178 Å². The van der Waals surface area contributed by atoms with Crippen LogP contribution in [0.15, 0.2) is 0 Å². The minimum atomic E-state index is -0.250. The Bertz CT molecular complexity index is 651. The van der Waals surface area contributed by atoms with E-state index >= 15 is 0 Å². The first-order valence-corrected chi connectivity index (χ1v) is 13.2. The van der Waals surface area contributed by atoms with Gasteiger partial charge in [-0.05, 0) is 97.7 Å². The maximum Gasteiger partial charge on any atom is 0.171 e. The van der Waals surface area contributed by atoms with E-state index in [1.54, 1.807) is 0 Å². The molecule has 3 unspecified atom stereocenters. The second kappa shape index (κ2) is 6.47. The van der Waals surface area contributed by atoms with Gasteiger partial charge in [-0.15, -0.1) is 0 Å². The van der Waals surface area contributed by atoms with Gasteiger partial charge in [0.05, 0.1) is 12.7 Å². The molecule has 0 N–H and O–H groups in total. The van der Waals surface area contributed by atoms with Gasteiger partial charge in [-0.2, -0.15) is 0 Å². The standard InChI is InChI=1S/C27H44O2/c1-17-10-14-27(28-16-17)18(2)24-23(29-27)15-22-20-9-8-19-7-5-6-12-25(19,3)21(20)11-13-26(22,24)4/h17-24H,5-16H2,1-4H3/t17?,18-,19?,20+,21-,22-,23-,24-,25-,26-,27?/m0/s1. The fourth-order valence-electron chi connectivity index (χ4n) is 10.3. The molecule has 2 saturated heterocycles. The highest BCUT2D eigenvalue weighted by Gasteiger charge is 2.68. The zero-order chi connectivity index (χ0) is 20.0. The van der Waals surface area contributed by atoms with Crippen molar-refractivity contribution in [3.63, 3.8) is 0 Å². The Morgan fingerprint density at radius 3 is 2.45 bits per heavy atom. The number of ether oxygens (including phenoxy) is 2. The second-order valence-corrected chi connectivity index (χ2v) is 12.9. The summed E-state index contributed by atoms with van der Waals surface area (Å²) in [5, 5.41) is 0. The van der Waals surface area contributed by atoms with Crippen molar-refractivity contribution < 1.29 is 9.47 Å². The lowest BCUT2D eigenvalue weighted by Crippen LogP contribution is -2.54. The highest BCUT2D eigenvalue weighted by Crippen LogP contribution is 2.71. The predicted octanol–water partition coefficient (Wildman–Crippen LogP) is 6.82. The molecule has 29 heavy (non-hydrogen) atoms. The van der Waals surface area contributed by atoms with Crippen molar-refractivity contribution >= 4 is 0 Å². The SMILES string of the molecule is CC1CCC2(OC1)O[C@H]1C[C@H]3[C@@H]4CCC5CCCC[C@]5(C)[C@H]4CC[C@]3(C)[C@H]1[C@@H]2C. The van der Waals surface area contributed by atoms with Crippen LogP contribution in [0.5, 0.6) is 0 Å². The van der Waals surface area contributed by atoms with Crippen LogP contribution in [0.1, 0.15) is 98.3 Å². The lowest BCUT2D eigenvalue weighted by molar-refractivity contribution is -0.273. The molecule has 4 aliphatic carbocycles. The van der Waals surface area contributed by atoms with E-state index in [1.807, 2.05) is 0 Å². The Kier molecular flexibility index (Phi) is 4.37. The van der Waals surface area contributed by atoms with E-state index < -0.39 is 0 Å². The van der Waals surface area contributed by atoms with Crippen molar-refractivity contribution in [2.24, 2.45) is 52.3 Å². The average molecular weight is 401 g/mol. The zero-order valence-corrected chi connectivity index (χ0v) is 19.4. The fraction of sp³-hybridized carbons (Fsp3) is 1.00. The van der Waals surface area contributed by atoms with Crippen LogP contribution in [0.2, 0.25) is 0 Å². The van der Waals surface area contributed by atoms with Gasteiger partial charge >= 0.3 is 0 Å². The van der Waals surface area contributed by atoms with Gasteiger partial charge in [-0.3, -0.25) is 0 Å². The molecule has 0 radical (unpaired) electrons. The third-order valence-electron chi connectivity index (χ3n) is 11.9. The quantitative estimate of drug-likeness (QED) is 0.444. The lowest BCUT2D eigenvalue weighted by Gasteiger charge is -2.61. The summed E-state index contributed by atoms with van der Waals surface area (Å²) in [5.41, 5.74) is 1.13. The molecule has 6 rings (SSSR count).